The van der Waals surface area contributed by atoms with E-state index in [1.165, 1.54) is 36.0 Å². The summed E-state index contributed by atoms with van der Waals surface area (Å²) in [7, 11) is 0. The van der Waals surface area contributed by atoms with Crippen LogP contribution < -0.4 is 5.32 Å². The zero-order chi connectivity index (χ0) is 12.5. The molecular weight excluding hydrogens is 222 g/mol. The fourth-order valence-corrected chi connectivity index (χ4v) is 2.82. The summed E-state index contributed by atoms with van der Waals surface area (Å²) in [5, 5.41) is 3.48. The molecule has 1 aliphatic rings. The van der Waals surface area contributed by atoms with Gasteiger partial charge < -0.3 is 9.88 Å². The van der Waals surface area contributed by atoms with Crippen LogP contribution in [-0.2, 0) is 6.54 Å². The molecule has 1 fully saturated rings. The van der Waals surface area contributed by atoms with E-state index < -0.39 is 0 Å². The van der Waals surface area contributed by atoms with Gasteiger partial charge in [0.1, 0.15) is 0 Å². The van der Waals surface area contributed by atoms with Crippen LogP contribution in [0.3, 0.4) is 0 Å². The number of fused-ring (bicyclic) bond motifs is 1. The van der Waals surface area contributed by atoms with Gasteiger partial charge in [-0.25, -0.2) is 4.98 Å². The van der Waals surface area contributed by atoms with E-state index in [1.54, 1.807) is 0 Å². The molecular formula is C15H21N3. The first-order valence-corrected chi connectivity index (χ1v) is 6.87. The molecule has 1 N–H and O–H groups in total. The van der Waals surface area contributed by atoms with Crippen molar-refractivity contribution in [3.8, 4) is 0 Å². The van der Waals surface area contributed by atoms with E-state index in [0.29, 0.717) is 0 Å². The smallest absolute Gasteiger partial charge is 0.0958 e. The minimum atomic E-state index is 0.748. The molecule has 3 nitrogen and oxygen atoms in total. The molecule has 0 saturated carbocycles. The Hall–Kier alpha value is -1.35. The van der Waals surface area contributed by atoms with Gasteiger partial charge in [0.15, 0.2) is 0 Å². The summed E-state index contributed by atoms with van der Waals surface area (Å²) in [6.45, 7) is 7.74. The van der Waals surface area contributed by atoms with Gasteiger partial charge in [-0.1, -0.05) is 0 Å². The molecule has 2 aromatic rings. The first-order valence-electron chi connectivity index (χ1n) is 6.87. The third kappa shape index (κ3) is 2.15. The van der Waals surface area contributed by atoms with E-state index in [1.807, 2.05) is 6.33 Å². The van der Waals surface area contributed by atoms with Gasteiger partial charge in [0.05, 0.1) is 17.4 Å². The predicted molar refractivity (Wildman–Crippen MR) is 74.8 cm³/mol. The third-order valence-corrected chi connectivity index (χ3v) is 4.09. The first kappa shape index (κ1) is 11.7. The van der Waals surface area contributed by atoms with E-state index in [2.05, 4.69) is 40.8 Å². The Morgan fingerprint density at radius 2 is 2.17 bits per heavy atom. The lowest BCUT2D eigenvalue weighted by molar-refractivity contribution is 0.340. The van der Waals surface area contributed by atoms with Crippen molar-refractivity contribution in [3.05, 3.63) is 29.6 Å². The van der Waals surface area contributed by atoms with E-state index in [0.717, 1.165) is 24.5 Å². The standard InChI is InChI=1S/C15H21N3/c1-11-6-14-15(7-12(11)2)18(10-17-14)9-13-4-3-5-16-8-13/h6-7,10,13,16H,3-5,8-9H2,1-2H3. The SMILES string of the molecule is Cc1cc2ncn(CC3CCCNC3)c2cc1C. The molecule has 0 radical (unpaired) electrons. The van der Waals surface area contributed by atoms with Crippen LogP contribution in [0.15, 0.2) is 18.5 Å². The molecule has 1 aromatic heterocycles. The molecule has 1 aromatic carbocycles. The molecule has 96 valence electrons. The van der Waals surface area contributed by atoms with E-state index >= 15 is 0 Å². The number of piperidine rings is 1. The summed E-state index contributed by atoms with van der Waals surface area (Å²) in [5.41, 5.74) is 5.09. The van der Waals surface area contributed by atoms with Crippen molar-refractivity contribution in [1.29, 1.82) is 0 Å². The second-order valence-electron chi connectivity index (χ2n) is 5.53. The monoisotopic (exact) mass is 243 g/mol. The van der Waals surface area contributed by atoms with Crippen LogP contribution in [0, 0.1) is 19.8 Å². The predicted octanol–water partition coefficient (Wildman–Crippen LogP) is 2.65. The summed E-state index contributed by atoms with van der Waals surface area (Å²) >= 11 is 0. The van der Waals surface area contributed by atoms with E-state index in [4.69, 9.17) is 0 Å². The van der Waals surface area contributed by atoms with Gasteiger partial charge in [-0.3, -0.25) is 0 Å². The second kappa shape index (κ2) is 4.73. The number of aryl methyl sites for hydroxylation is 2. The maximum Gasteiger partial charge on any atom is 0.0958 e. The molecule has 0 amide bonds. The van der Waals surface area contributed by atoms with Crippen molar-refractivity contribution >= 4 is 11.0 Å². The topological polar surface area (TPSA) is 29.9 Å². The van der Waals surface area contributed by atoms with Crippen LogP contribution in [0.2, 0.25) is 0 Å². The van der Waals surface area contributed by atoms with Crippen molar-refractivity contribution in [1.82, 2.24) is 14.9 Å². The first-order chi connectivity index (χ1) is 8.74. The largest absolute Gasteiger partial charge is 0.330 e. The molecule has 0 aliphatic carbocycles. The van der Waals surface area contributed by atoms with Crippen molar-refractivity contribution < 1.29 is 0 Å². The summed E-state index contributed by atoms with van der Waals surface area (Å²) in [4.78, 5) is 4.53. The highest BCUT2D eigenvalue weighted by Gasteiger charge is 2.15. The van der Waals surface area contributed by atoms with Crippen LogP contribution in [0.25, 0.3) is 11.0 Å². The van der Waals surface area contributed by atoms with Gasteiger partial charge in [0.2, 0.25) is 0 Å². The molecule has 1 aliphatic heterocycles. The lowest BCUT2D eigenvalue weighted by atomic mass is 9.99. The minimum absolute atomic E-state index is 0.748. The Labute approximate surface area is 108 Å². The molecule has 1 atom stereocenters. The average molecular weight is 243 g/mol. The molecule has 2 heterocycles. The van der Waals surface area contributed by atoms with Gasteiger partial charge in [-0.05, 0) is 69.0 Å². The second-order valence-corrected chi connectivity index (χ2v) is 5.53. The quantitative estimate of drug-likeness (QED) is 0.878. The van der Waals surface area contributed by atoms with Crippen LogP contribution in [0.4, 0.5) is 0 Å². The third-order valence-electron chi connectivity index (χ3n) is 4.09. The Morgan fingerprint density at radius 1 is 1.33 bits per heavy atom. The van der Waals surface area contributed by atoms with Crippen LogP contribution in [0.5, 0.6) is 0 Å². The van der Waals surface area contributed by atoms with Crippen molar-refractivity contribution in [2.24, 2.45) is 5.92 Å². The lowest BCUT2D eigenvalue weighted by Crippen LogP contribution is -2.32. The number of nitrogens with one attached hydrogen (secondary N) is 1. The number of rotatable bonds is 2. The summed E-state index contributed by atoms with van der Waals surface area (Å²) < 4.78 is 2.32. The van der Waals surface area contributed by atoms with Gasteiger partial charge in [0, 0.05) is 6.54 Å². The molecule has 1 unspecified atom stereocenters. The molecule has 18 heavy (non-hydrogen) atoms. The van der Waals surface area contributed by atoms with E-state index in [-0.39, 0.29) is 0 Å². The minimum Gasteiger partial charge on any atom is -0.330 e. The number of hydrogen-bond donors (Lipinski definition) is 1. The molecule has 0 bridgehead atoms. The lowest BCUT2D eigenvalue weighted by Gasteiger charge is -2.23. The van der Waals surface area contributed by atoms with Crippen LogP contribution in [0.1, 0.15) is 24.0 Å². The summed E-state index contributed by atoms with van der Waals surface area (Å²) in [5.74, 6) is 0.748. The van der Waals surface area contributed by atoms with Crippen molar-refractivity contribution in [3.63, 3.8) is 0 Å². The molecule has 0 spiro atoms. The summed E-state index contributed by atoms with van der Waals surface area (Å²) in [6, 6.07) is 4.47. The molecule has 3 rings (SSSR count). The van der Waals surface area contributed by atoms with Crippen molar-refractivity contribution in [2.45, 2.75) is 33.2 Å². The molecule has 1 saturated heterocycles. The fraction of sp³-hybridized carbons (Fsp3) is 0.533. The number of nitrogens with zero attached hydrogens (tertiary/aromatic N) is 2. The highest BCUT2D eigenvalue weighted by molar-refractivity contribution is 5.77. The van der Waals surface area contributed by atoms with Crippen LogP contribution >= 0.6 is 0 Å². The van der Waals surface area contributed by atoms with Gasteiger partial charge in [-0.15, -0.1) is 0 Å². The maximum absolute atomic E-state index is 4.53. The zero-order valence-electron chi connectivity index (χ0n) is 11.2. The maximum atomic E-state index is 4.53. The normalized spacial score (nSPS) is 20.4. The highest BCUT2D eigenvalue weighted by Crippen LogP contribution is 2.21. The highest BCUT2D eigenvalue weighted by atomic mass is 15.1. The average Bonchev–Trinajstić information content (AvgIpc) is 2.74. The van der Waals surface area contributed by atoms with E-state index in [9.17, 15) is 0 Å². The number of imidazole rings is 1. The number of hydrogen-bond acceptors (Lipinski definition) is 2. The Bertz CT molecular complexity index is 550. The van der Waals surface area contributed by atoms with Crippen LogP contribution in [-0.4, -0.2) is 22.6 Å². The Balaban J connectivity index is 1.89. The summed E-state index contributed by atoms with van der Waals surface area (Å²) in [6.07, 6.45) is 4.63. The fourth-order valence-electron chi connectivity index (χ4n) is 2.82. The Morgan fingerprint density at radius 3 is 2.94 bits per heavy atom. The zero-order valence-corrected chi connectivity index (χ0v) is 11.2. The van der Waals surface area contributed by atoms with Gasteiger partial charge >= 0.3 is 0 Å². The Kier molecular flexibility index (Phi) is 3.08. The van der Waals surface area contributed by atoms with Crippen molar-refractivity contribution in [2.75, 3.05) is 13.1 Å². The van der Waals surface area contributed by atoms with Gasteiger partial charge in [-0.2, -0.15) is 0 Å². The van der Waals surface area contributed by atoms with Gasteiger partial charge in [0.25, 0.3) is 0 Å². The number of aromatic nitrogens is 2. The number of benzene rings is 1. The molecule has 3 heteroatoms.